The molecule has 1 saturated carbocycles. The first-order chi connectivity index (χ1) is 15.3. The summed E-state index contributed by atoms with van der Waals surface area (Å²) in [6.07, 6.45) is 4.46. The van der Waals surface area contributed by atoms with Crippen LogP contribution >= 0.6 is 11.8 Å². The second kappa shape index (κ2) is 11.3. The molecule has 32 heavy (non-hydrogen) atoms. The lowest BCUT2D eigenvalue weighted by atomic mass is 9.78. The third-order valence-corrected chi connectivity index (χ3v) is 8.00. The quantitative estimate of drug-likeness (QED) is 0.550. The van der Waals surface area contributed by atoms with Crippen LogP contribution in [0.5, 0.6) is 0 Å². The predicted octanol–water partition coefficient (Wildman–Crippen LogP) is 4.76. The van der Waals surface area contributed by atoms with Gasteiger partial charge in [-0.05, 0) is 51.3 Å². The minimum atomic E-state index is -0.231. The van der Waals surface area contributed by atoms with Crippen molar-refractivity contribution in [3.8, 4) is 0 Å². The smallest absolute Gasteiger partial charge is 0.233 e. The van der Waals surface area contributed by atoms with Crippen molar-refractivity contribution in [2.24, 2.45) is 11.8 Å². The Bertz CT molecular complexity index is 868. The number of thioether (sulfide) groups is 1. The van der Waals surface area contributed by atoms with Crippen molar-refractivity contribution >= 4 is 17.7 Å². The lowest BCUT2D eigenvalue weighted by Gasteiger charge is -2.35. The Balaban J connectivity index is 1.78. The summed E-state index contributed by atoms with van der Waals surface area (Å²) in [6, 6.07) is 10.8. The lowest BCUT2D eigenvalue weighted by molar-refractivity contribution is -0.121. The first-order valence-corrected chi connectivity index (χ1v) is 12.8. The molecule has 7 heteroatoms. The molecular weight excluding hydrogens is 418 g/mol. The molecule has 0 spiro atoms. The summed E-state index contributed by atoms with van der Waals surface area (Å²) in [5.74, 6) is 2.22. The normalized spacial score (nSPS) is 23.2. The van der Waals surface area contributed by atoms with Gasteiger partial charge >= 0.3 is 0 Å². The molecule has 5 unspecified atom stereocenters. The standard InChI is InChI=1S/C25H39N5OS/c1-7-22(29(5)6)23-27-28-25(30(23)16-20-13-9-8-10-14-20)32-19(4)24(31)26-21-15-11-12-17(2)18(21)3/h8-10,13-14,17-19,21-22H,7,11-12,15-16H2,1-6H3,(H,26,31). The van der Waals surface area contributed by atoms with E-state index < -0.39 is 0 Å². The van der Waals surface area contributed by atoms with Crippen molar-refractivity contribution in [3.63, 3.8) is 0 Å². The highest BCUT2D eigenvalue weighted by Gasteiger charge is 2.30. The van der Waals surface area contributed by atoms with E-state index in [2.05, 4.69) is 84.1 Å². The highest BCUT2D eigenvalue weighted by atomic mass is 32.2. The minimum Gasteiger partial charge on any atom is -0.352 e. The maximum atomic E-state index is 13.0. The third-order valence-electron chi connectivity index (χ3n) is 6.92. The van der Waals surface area contributed by atoms with Crippen molar-refractivity contribution in [3.05, 3.63) is 41.7 Å². The molecule has 1 aromatic heterocycles. The molecule has 1 aromatic carbocycles. The third kappa shape index (κ3) is 5.93. The molecule has 0 radical (unpaired) electrons. The maximum absolute atomic E-state index is 13.0. The molecule has 5 atom stereocenters. The van der Waals surface area contributed by atoms with Gasteiger partial charge in [0.1, 0.15) is 0 Å². The molecule has 1 aliphatic carbocycles. The number of carbonyl (C=O) groups is 1. The summed E-state index contributed by atoms with van der Waals surface area (Å²) in [5.41, 5.74) is 1.20. The zero-order valence-electron chi connectivity index (χ0n) is 20.4. The van der Waals surface area contributed by atoms with Crippen LogP contribution in [0.15, 0.2) is 35.5 Å². The number of benzene rings is 1. The molecule has 0 aliphatic heterocycles. The molecule has 1 aliphatic rings. The predicted molar refractivity (Wildman–Crippen MR) is 132 cm³/mol. The molecule has 2 aromatic rings. The van der Waals surface area contributed by atoms with E-state index in [1.165, 1.54) is 30.2 Å². The van der Waals surface area contributed by atoms with E-state index in [0.717, 1.165) is 23.8 Å². The monoisotopic (exact) mass is 457 g/mol. The Morgan fingerprint density at radius 2 is 1.94 bits per heavy atom. The molecule has 6 nitrogen and oxygen atoms in total. The van der Waals surface area contributed by atoms with E-state index in [9.17, 15) is 4.79 Å². The van der Waals surface area contributed by atoms with Crippen molar-refractivity contribution in [1.29, 1.82) is 0 Å². The van der Waals surface area contributed by atoms with Gasteiger partial charge in [-0.3, -0.25) is 9.69 Å². The average Bonchev–Trinajstić information content (AvgIpc) is 3.14. The van der Waals surface area contributed by atoms with E-state index in [0.29, 0.717) is 18.4 Å². The molecule has 1 N–H and O–H groups in total. The summed E-state index contributed by atoms with van der Waals surface area (Å²) in [7, 11) is 4.15. The molecule has 1 heterocycles. The number of carbonyl (C=O) groups excluding carboxylic acids is 1. The molecule has 1 amide bonds. The van der Waals surface area contributed by atoms with Gasteiger partial charge in [0.15, 0.2) is 11.0 Å². The van der Waals surface area contributed by atoms with E-state index in [1.54, 1.807) is 0 Å². The summed E-state index contributed by atoms with van der Waals surface area (Å²) < 4.78 is 2.18. The topological polar surface area (TPSA) is 63.1 Å². The van der Waals surface area contributed by atoms with Crippen LogP contribution in [0.3, 0.4) is 0 Å². The van der Waals surface area contributed by atoms with Crippen LogP contribution in [0.2, 0.25) is 0 Å². The highest BCUT2D eigenvalue weighted by Crippen LogP contribution is 2.31. The Morgan fingerprint density at radius 3 is 2.59 bits per heavy atom. The second-order valence-electron chi connectivity index (χ2n) is 9.44. The van der Waals surface area contributed by atoms with Gasteiger partial charge in [-0.25, -0.2) is 0 Å². The maximum Gasteiger partial charge on any atom is 0.233 e. The zero-order chi connectivity index (χ0) is 23.3. The van der Waals surface area contributed by atoms with Gasteiger partial charge in [0.2, 0.25) is 5.91 Å². The fourth-order valence-corrected chi connectivity index (χ4v) is 5.49. The number of amides is 1. The van der Waals surface area contributed by atoms with Crippen LogP contribution in [-0.2, 0) is 11.3 Å². The van der Waals surface area contributed by atoms with Crippen molar-refractivity contribution in [2.75, 3.05) is 14.1 Å². The van der Waals surface area contributed by atoms with Crippen LogP contribution in [0.25, 0.3) is 0 Å². The number of rotatable bonds is 9. The molecule has 176 valence electrons. The summed E-state index contributed by atoms with van der Waals surface area (Å²) in [5, 5.41) is 13.0. The largest absolute Gasteiger partial charge is 0.352 e. The molecule has 0 saturated heterocycles. The van der Waals surface area contributed by atoms with Crippen LogP contribution in [-0.4, -0.2) is 51.0 Å². The van der Waals surface area contributed by atoms with Gasteiger partial charge in [0, 0.05) is 6.04 Å². The zero-order valence-corrected chi connectivity index (χ0v) is 21.2. The summed E-state index contributed by atoms with van der Waals surface area (Å²) in [6.45, 7) is 9.40. The van der Waals surface area contributed by atoms with Crippen molar-refractivity contribution in [1.82, 2.24) is 25.0 Å². The fraction of sp³-hybridized carbons (Fsp3) is 0.640. The van der Waals surface area contributed by atoms with Crippen LogP contribution in [0.4, 0.5) is 0 Å². The van der Waals surface area contributed by atoms with Crippen LogP contribution < -0.4 is 5.32 Å². The van der Waals surface area contributed by atoms with Gasteiger partial charge < -0.3 is 9.88 Å². The van der Waals surface area contributed by atoms with Crippen LogP contribution in [0.1, 0.15) is 70.8 Å². The van der Waals surface area contributed by atoms with Gasteiger partial charge in [-0.1, -0.05) is 75.7 Å². The number of nitrogens with zero attached hydrogens (tertiary/aromatic N) is 4. The minimum absolute atomic E-state index is 0.0939. The van der Waals surface area contributed by atoms with Gasteiger partial charge in [-0.15, -0.1) is 10.2 Å². The van der Waals surface area contributed by atoms with E-state index in [4.69, 9.17) is 0 Å². The van der Waals surface area contributed by atoms with E-state index in [1.807, 2.05) is 13.0 Å². The Morgan fingerprint density at radius 1 is 1.22 bits per heavy atom. The first-order valence-electron chi connectivity index (χ1n) is 11.9. The number of hydrogen-bond acceptors (Lipinski definition) is 5. The second-order valence-corrected chi connectivity index (χ2v) is 10.8. The van der Waals surface area contributed by atoms with Crippen LogP contribution in [0, 0.1) is 11.8 Å². The number of aromatic nitrogens is 3. The average molecular weight is 458 g/mol. The lowest BCUT2D eigenvalue weighted by Crippen LogP contribution is -2.46. The van der Waals surface area contributed by atoms with Crippen molar-refractivity contribution in [2.45, 2.75) is 82.4 Å². The Hall–Kier alpha value is -1.86. The number of nitrogens with one attached hydrogen (secondary N) is 1. The molecule has 0 bridgehead atoms. The number of hydrogen-bond donors (Lipinski definition) is 1. The molecule has 3 rings (SSSR count). The highest BCUT2D eigenvalue weighted by molar-refractivity contribution is 8.00. The molecule has 1 fully saturated rings. The SMILES string of the molecule is CCC(c1nnc(SC(C)C(=O)NC2CCCC(C)C2C)n1Cc1ccccc1)N(C)C. The van der Waals surface area contributed by atoms with E-state index in [-0.39, 0.29) is 23.2 Å². The Labute approximate surface area is 197 Å². The van der Waals surface area contributed by atoms with Crippen molar-refractivity contribution < 1.29 is 4.79 Å². The van der Waals surface area contributed by atoms with Gasteiger partial charge in [-0.2, -0.15) is 0 Å². The van der Waals surface area contributed by atoms with E-state index >= 15 is 0 Å². The van der Waals surface area contributed by atoms with Gasteiger partial charge in [0.25, 0.3) is 0 Å². The van der Waals surface area contributed by atoms with Gasteiger partial charge in [0.05, 0.1) is 17.8 Å². The molecular formula is C25H39N5OS. The Kier molecular flexibility index (Phi) is 8.77. The summed E-state index contributed by atoms with van der Waals surface area (Å²) >= 11 is 1.51. The first kappa shape index (κ1) is 24.8. The fourth-order valence-electron chi connectivity index (χ4n) is 4.62. The summed E-state index contributed by atoms with van der Waals surface area (Å²) in [4.78, 5) is 15.2.